The SMILES string of the molecule is CSCC[C@H](NC(=O)O)C(=O)O. The molecule has 0 saturated heterocycles. The highest BCUT2D eigenvalue weighted by atomic mass is 32.2. The van der Waals surface area contributed by atoms with Crippen molar-refractivity contribution in [1.82, 2.24) is 5.32 Å². The first-order valence-electron chi connectivity index (χ1n) is 3.29. The van der Waals surface area contributed by atoms with E-state index in [1.165, 1.54) is 11.8 Å². The Balaban J connectivity index is 3.87. The first-order chi connectivity index (χ1) is 5.57. The summed E-state index contributed by atoms with van der Waals surface area (Å²) >= 11 is 1.48. The smallest absolute Gasteiger partial charge is 0.405 e. The van der Waals surface area contributed by atoms with Crippen LogP contribution in [0.25, 0.3) is 0 Å². The fourth-order valence-corrected chi connectivity index (χ4v) is 1.11. The summed E-state index contributed by atoms with van der Waals surface area (Å²) in [6, 6.07) is -0.991. The van der Waals surface area contributed by atoms with Crippen molar-refractivity contribution in [1.29, 1.82) is 0 Å². The second-order valence-corrected chi connectivity index (χ2v) is 3.11. The van der Waals surface area contributed by atoms with Crippen molar-refractivity contribution < 1.29 is 19.8 Å². The molecule has 0 fully saturated rings. The topological polar surface area (TPSA) is 86.6 Å². The molecule has 0 unspecified atom stereocenters. The maximum absolute atomic E-state index is 10.4. The number of aliphatic carboxylic acids is 1. The van der Waals surface area contributed by atoms with E-state index in [1.54, 1.807) is 0 Å². The zero-order valence-corrected chi connectivity index (χ0v) is 7.43. The van der Waals surface area contributed by atoms with Gasteiger partial charge in [0.2, 0.25) is 0 Å². The van der Waals surface area contributed by atoms with Gasteiger partial charge in [-0.3, -0.25) is 0 Å². The van der Waals surface area contributed by atoms with Crippen LogP contribution in [-0.2, 0) is 4.79 Å². The van der Waals surface area contributed by atoms with Gasteiger partial charge in [-0.1, -0.05) is 0 Å². The maximum atomic E-state index is 10.4. The summed E-state index contributed by atoms with van der Waals surface area (Å²) in [5.41, 5.74) is 0. The van der Waals surface area contributed by atoms with E-state index in [2.05, 4.69) is 0 Å². The molecule has 0 saturated carbocycles. The minimum absolute atomic E-state index is 0.308. The molecule has 70 valence electrons. The number of carboxylic acids is 1. The number of hydrogen-bond donors (Lipinski definition) is 3. The monoisotopic (exact) mass is 193 g/mol. The Morgan fingerprint density at radius 3 is 2.42 bits per heavy atom. The molecule has 0 aromatic carbocycles. The molecular weight excluding hydrogens is 182 g/mol. The zero-order chi connectivity index (χ0) is 9.56. The Morgan fingerprint density at radius 2 is 2.08 bits per heavy atom. The number of hydrogen-bond acceptors (Lipinski definition) is 3. The van der Waals surface area contributed by atoms with Crippen LogP contribution < -0.4 is 5.32 Å². The third-order valence-corrected chi connectivity index (χ3v) is 1.85. The van der Waals surface area contributed by atoms with Crippen molar-refractivity contribution in [3.63, 3.8) is 0 Å². The summed E-state index contributed by atoms with van der Waals surface area (Å²) in [5, 5.41) is 18.7. The Bertz CT molecular complexity index is 173. The van der Waals surface area contributed by atoms with Crippen molar-refractivity contribution in [3.8, 4) is 0 Å². The summed E-state index contributed by atoms with van der Waals surface area (Å²) in [5.74, 6) is -0.511. The Hall–Kier alpha value is -0.910. The molecule has 0 radical (unpaired) electrons. The average Bonchev–Trinajstić information content (AvgIpc) is 1.96. The minimum Gasteiger partial charge on any atom is -0.480 e. The maximum Gasteiger partial charge on any atom is 0.405 e. The normalized spacial score (nSPS) is 12.1. The van der Waals surface area contributed by atoms with E-state index < -0.39 is 18.1 Å². The number of carbonyl (C=O) groups is 2. The standard InChI is InChI=1S/C6H11NO4S/c1-12-3-2-4(5(8)9)7-6(10)11/h4,7H,2-3H2,1H3,(H,8,9)(H,10,11)/t4-/m0/s1. The van der Waals surface area contributed by atoms with E-state index >= 15 is 0 Å². The van der Waals surface area contributed by atoms with Gasteiger partial charge < -0.3 is 15.5 Å². The van der Waals surface area contributed by atoms with Gasteiger partial charge in [0.15, 0.2) is 0 Å². The van der Waals surface area contributed by atoms with Gasteiger partial charge >= 0.3 is 12.1 Å². The molecule has 12 heavy (non-hydrogen) atoms. The third-order valence-electron chi connectivity index (χ3n) is 1.21. The van der Waals surface area contributed by atoms with E-state index in [-0.39, 0.29) is 0 Å². The molecule has 1 amide bonds. The van der Waals surface area contributed by atoms with Crippen LogP contribution in [0, 0.1) is 0 Å². The number of rotatable bonds is 5. The van der Waals surface area contributed by atoms with Crippen molar-refractivity contribution in [2.75, 3.05) is 12.0 Å². The molecule has 0 bridgehead atoms. The van der Waals surface area contributed by atoms with Gasteiger partial charge in [0.05, 0.1) is 0 Å². The summed E-state index contributed by atoms with van der Waals surface area (Å²) in [4.78, 5) is 20.5. The number of amides is 1. The Morgan fingerprint density at radius 1 is 1.50 bits per heavy atom. The van der Waals surface area contributed by atoms with Gasteiger partial charge in [0.25, 0.3) is 0 Å². The van der Waals surface area contributed by atoms with Crippen LogP contribution in [0.15, 0.2) is 0 Å². The van der Waals surface area contributed by atoms with Crippen LogP contribution in [0.5, 0.6) is 0 Å². The van der Waals surface area contributed by atoms with E-state index in [1.807, 2.05) is 11.6 Å². The second-order valence-electron chi connectivity index (χ2n) is 2.12. The van der Waals surface area contributed by atoms with Crippen LogP contribution in [0.2, 0.25) is 0 Å². The molecule has 0 aliphatic heterocycles. The van der Waals surface area contributed by atoms with Crippen molar-refractivity contribution >= 4 is 23.8 Å². The number of carboxylic acid groups (broad SMARTS) is 2. The third kappa shape index (κ3) is 4.84. The van der Waals surface area contributed by atoms with E-state index in [0.29, 0.717) is 12.2 Å². The van der Waals surface area contributed by atoms with E-state index in [0.717, 1.165) is 0 Å². The van der Waals surface area contributed by atoms with Crippen LogP contribution >= 0.6 is 11.8 Å². The average molecular weight is 193 g/mol. The summed E-state index contributed by atoms with van der Waals surface area (Å²) < 4.78 is 0. The van der Waals surface area contributed by atoms with Crippen molar-refractivity contribution in [3.05, 3.63) is 0 Å². The Labute approximate surface area is 74.1 Å². The van der Waals surface area contributed by atoms with Gasteiger partial charge in [0, 0.05) is 0 Å². The molecule has 1 atom stereocenters. The molecule has 0 rings (SSSR count). The van der Waals surface area contributed by atoms with E-state index in [4.69, 9.17) is 10.2 Å². The molecular formula is C6H11NO4S. The predicted octanol–water partition coefficient (Wildman–Crippen LogP) is 0.460. The lowest BCUT2D eigenvalue weighted by molar-refractivity contribution is -0.139. The summed E-state index contributed by atoms with van der Waals surface area (Å²) in [7, 11) is 0. The molecule has 0 heterocycles. The molecule has 0 aliphatic carbocycles. The van der Waals surface area contributed by atoms with Crippen LogP contribution in [0.3, 0.4) is 0 Å². The fourth-order valence-electron chi connectivity index (χ4n) is 0.642. The predicted molar refractivity (Wildman–Crippen MR) is 45.6 cm³/mol. The fraction of sp³-hybridized carbons (Fsp3) is 0.667. The summed E-state index contributed by atoms with van der Waals surface area (Å²) in [6.07, 6.45) is 0.839. The zero-order valence-electron chi connectivity index (χ0n) is 6.61. The molecule has 0 aromatic rings. The highest BCUT2D eigenvalue weighted by Crippen LogP contribution is 2.00. The van der Waals surface area contributed by atoms with Crippen LogP contribution in [-0.4, -0.2) is 40.3 Å². The van der Waals surface area contributed by atoms with Crippen LogP contribution in [0.4, 0.5) is 4.79 Å². The lowest BCUT2D eigenvalue weighted by atomic mass is 10.2. The molecule has 0 aliphatic rings. The highest BCUT2D eigenvalue weighted by Gasteiger charge is 2.18. The van der Waals surface area contributed by atoms with Gasteiger partial charge in [-0.05, 0) is 18.4 Å². The largest absolute Gasteiger partial charge is 0.480 e. The number of thioether (sulfide) groups is 1. The summed E-state index contributed by atoms with van der Waals surface area (Å²) in [6.45, 7) is 0. The highest BCUT2D eigenvalue weighted by molar-refractivity contribution is 7.98. The van der Waals surface area contributed by atoms with Crippen molar-refractivity contribution in [2.45, 2.75) is 12.5 Å². The van der Waals surface area contributed by atoms with Gasteiger partial charge in [-0.25, -0.2) is 9.59 Å². The van der Waals surface area contributed by atoms with Gasteiger partial charge in [-0.2, -0.15) is 11.8 Å². The van der Waals surface area contributed by atoms with Gasteiger partial charge in [0.1, 0.15) is 6.04 Å². The van der Waals surface area contributed by atoms with Crippen molar-refractivity contribution in [2.24, 2.45) is 0 Å². The van der Waals surface area contributed by atoms with E-state index in [9.17, 15) is 9.59 Å². The lowest BCUT2D eigenvalue weighted by Crippen LogP contribution is -2.40. The molecule has 3 N–H and O–H groups in total. The van der Waals surface area contributed by atoms with Gasteiger partial charge in [-0.15, -0.1) is 0 Å². The quantitative estimate of drug-likeness (QED) is 0.590. The molecule has 6 heteroatoms. The molecule has 0 spiro atoms. The van der Waals surface area contributed by atoms with Crippen LogP contribution in [0.1, 0.15) is 6.42 Å². The Kier molecular flexibility index (Phi) is 5.27. The minimum atomic E-state index is -1.30. The second kappa shape index (κ2) is 5.70. The first-order valence-corrected chi connectivity index (χ1v) is 4.68. The lowest BCUT2D eigenvalue weighted by Gasteiger charge is -2.10. The molecule has 5 nitrogen and oxygen atoms in total. The molecule has 0 aromatic heterocycles. The number of nitrogens with one attached hydrogen (secondary N) is 1. The first kappa shape index (κ1) is 11.1.